The Bertz CT molecular complexity index is 717. The van der Waals surface area contributed by atoms with Crippen LogP contribution in [0.2, 0.25) is 0 Å². The van der Waals surface area contributed by atoms with E-state index in [1.165, 1.54) is 6.20 Å². The average Bonchev–Trinajstić information content (AvgIpc) is 2.46. The fourth-order valence-corrected chi connectivity index (χ4v) is 1.65. The monoisotopic (exact) mass is 238 g/mol. The van der Waals surface area contributed by atoms with Crippen molar-refractivity contribution in [1.82, 2.24) is 19.9 Å². The van der Waals surface area contributed by atoms with Gasteiger partial charge in [0.2, 0.25) is 5.95 Å². The minimum absolute atomic E-state index is 0.0968. The zero-order valence-electron chi connectivity index (χ0n) is 10.8. The van der Waals surface area contributed by atoms with Crippen LogP contribution in [-0.2, 0) is 0 Å². The number of nitrogens with zero attached hydrogens (tertiary/aromatic N) is 5. The minimum Gasteiger partial charge on any atom is -0.314 e. The van der Waals surface area contributed by atoms with Gasteiger partial charge in [-0.1, -0.05) is 18.2 Å². The summed E-state index contributed by atoms with van der Waals surface area (Å²) >= 11 is 0. The minimum atomic E-state index is 0.0968. The number of benzene rings is 1. The number of hydrogen-bond acceptors (Lipinski definition) is 5. The summed E-state index contributed by atoms with van der Waals surface area (Å²) in [6, 6.07) is 9.81. The van der Waals surface area contributed by atoms with Crippen molar-refractivity contribution in [1.29, 1.82) is 0 Å². The first kappa shape index (κ1) is 9.47. The van der Waals surface area contributed by atoms with Gasteiger partial charge in [-0.3, -0.25) is 0 Å². The molecule has 0 unspecified atom stereocenters. The third-order valence-electron chi connectivity index (χ3n) is 2.61. The molecular weight excluding hydrogens is 226 g/mol. The van der Waals surface area contributed by atoms with Crippen molar-refractivity contribution in [3.05, 3.63) is 48.9 Å². The van der Waals surface area contributed by atoms with Gasteiger partial charge in [0.1, 0.15) is 5.52 Å². The summed E-state index contributed by atoms with van der Waals surface area (Å²) in [5.41, 5.74) is 2.00. The molecule has 0 saturated heterocycles. The predicted molar refractivity (Wildman–Crippen MR) is 69.6 cm³/mol. The molecule has 0 radical (unpaired) electrons. The Morgan fingerprint density at radius 2 is 1.94 bits per heavy atom. The molecule has 0 fully saturated rings. The van der Waals surface area contributed by atoms with Gasteiger partial charge < -0.3 is 4.90 Å². The van der Waals surface area contributed by atoms with E-state index in [9.17, 15) is 0 Å². The Kier molecular flexibility index (Phi) is 2.30. The Hall–Kier alpha value is -2.56. The summed E-state index contributed by atoms with van der Waals surface area (Å²) in [6.45, 7) is 0. The number of rotatable bonds is 2. The van der Waals surface area contributed by atoms with Crippen LogP contribution in [0.4, 0.5) is 11.6 Å². The van der Waals surface area contributed by atoms with Crippen LogP contribution in [0.25, 0.3) is 11.2 Å². The van der Waals surface area contributed by atoms with Gasteiger partial charge in [-0.05, 0) is 12.1 Å². The molecule has 0 saturated carbocycles. The maximum atomic E-state index is 7.47. The zero-order chi connectivity index (χ0) is 13.2. The average molecular weight is 238 g/mol. The third kappa shape index (κ3) is 1.86. The van der Waals surface area contributed by atoms with E-state index in [0.29, 0.717) is 17.1 Å². The second kappa shape index (κ2) is 4.37. The molecule has 0 amide bonds. The molecule has 0 aliphatic carbocycles. The highest BCUT2D eigenvalue weighted by molar-refractivity contribution is 5.70. The number of para-hydroxylation sites is 1. The van der Waals surface area contributed by atoms with Gasteiger partial charge >= 0.3 is 0 Å². The molecule has 2 aromatic heterocycles. The van der Waals surface area contributed by atoms with Gasteiger partial charge in [-0.15, -0.1) is 0 Å². The highest BCUT2D eigenvalue weighted by Crippen LogP contribution is 2.19. The van der Waals surface area contributed by atoms with Gasteiger partial charge in [-0.2, -0.15) is 4.98 Å². The lowest BCUT2D eigenvalue weighted by atomic mass is 10.3. The van der Waals surface area contributed by atoms with E-state index < -0.39 is 0 Å². The van der Waals surface area contributed by atoms with Crippen LogP contribution in [0.3, 0.4) is 0 Å². The molecule has 5 heteroatoms. The summed E-state index contributed by atoms with van der Waals surface area (Å²) in [6.07, 6.45) is 3.09. The first-order valence-corrected chi connectivity index (χ1v) is 5.49. The van der Waals surface area contributed by atoms with Crippen molar-refractivity contribution < 1.29 is 1.37 Å². The molecule has 3 rings (SSSR count). The highest BCUT2D eigenvalue weighted by atomic mass is 15.2. The summed E-state index contributed by atoms with van der Waals surface area (Å²) in [5, 5.41) is 0. The molecule has 3 aromatic rings. The fourth-order valence-electron chi connectivity index (χ4n) is 1.65. The molecule has 0 N–H and O–H groups in total. The van der Waals surface area contributed by atoms with Crippen LogP contribution in [-0.4, -0.2) is 27.0 Å². The summed E-state index contributed by atoms with van der Waals surface area (Å²) in [4.78, 5) is 18.6. The van der Waals surface area contributed by atoms with Crippen LogP contribution in [0, 0.1) is 0 Å². The highest BCUT2D eigenvalue weighted by Gasteiger charge is 2.08. The van der Waals surface area contributed by atoms with Gasteiger partial charge in [0.15, 0.2) is 5.65 Å². The fraction of sp³-hybridized carbons (Fsp3) is 0.0769. The smallest absolute Gasteiger partial charge is 0.231 e. The second-order valence-electron chi connectivity index (χ2n) is 3.77. The van der Waals surface area contributed by atoms with Crippen LogP contribution in [0.1, 0.15) is 1.37 Å². The van der Waals surface area contributed by atoms with Crippen LogP contribution in [0.5, 0.6) is 0 Å². The van der Waals surface area contributed by atoms with E-state index in [4.69, 9.17) is 1.37 Å². The standard InChI is InChI=1S/C13H11N5/c1-18(10-5-3-2-4-6-10)13-16-9-11-12(17-13)15-8-7-14-11/h2-9H,1H3/i8D. The van der Waals surface area contributed by atoms with Crippen molar-refractivity contribution in [2.24, 2.45) is 0 Å². The van der Waals surface area contributed by atoms with Crippen LogP contribution >= 0.6 is 0 Å². The van der Waals surface area contributed by atoms with Crippen molar-refractivity contribution in [2.75, 3.05) is 11.9 Å². The van der Waals surface area contributed by atoms with Crippen LogP contribution in [0.15, 0.2) is 48.9 Å². The first-order valence-electron chi connectivity index (χ1n) is 5.99. The number of aromatic nitrogens is 4. The van der Waals surface area contributed by atoms with Crippen molar-refractivity contribution in [3.8, 4) is 0 Å². The summed E-state index contributed by atoms with van der Waals surface area (Å²) in [5.74, 6) is 0.526. The topological polar surface area (TPSA) is 54.8 Å². The van der Waals surface area contributed by atoms with Crippen molar-refractivity contribution in [2.45, 2.75) is 0 Å². The number of anilines is 2. The molecule has 2 heterocycles. The van der Waals surface area contributed by atoms with E-state index in [1.54, 1.807) is 6.20 Å². The Morgan fingerprint density at radius 1 is 1.11 bits per heavy atom. The lowest BCUT2D eigenvalue weighted by Crippen LogP contribution is -2.13. The first-order chi connectivity index (χ1) is 9.24. The molecule has 88 valence electrons. The number of fused-ring (bicyclic) bond motifs is 1. The van der Waals surface area contributed by atoms with Gasteiger partial charge in [0, 0.05) is 25.1 Å². The molecule has 18 heavy (non-hydrogen) atoms. The lowest BCUT2D eigenvalue weighted by molar-refractivity contribution is 1.05. The Labute approximate surface area is 106 Å². The largest absolute Gasteiger partial charge is 0.314 e. The molecule has 0 aliphatic rings. The maximum absolute atomic E-state index is 7.47. The summed E-state index contributed by atoms with van der Waals surface area (Å²) < 4.78 is 7.47. The van der Waals surface area contributed by atoms with Gasteiger partial charge in [0.05, 0.1) is 7.57 Å². The molecule has 0 spiro atoms. The van der Waals surface area contributed by atoms with E-state index in [-0.39, 0.29) is 6.17 Å². The summed E-state index contributed by atoms with van der Waals surface area (Å²) in [7, 11) is 1.88. The molecule has 0 aliphatic heterocycles. The van der Waals surface area contributed by atoms with Crippen molar-refractivity contribution in [3.63, 3.8) is 0 Å². The van der Waals surface area contributed by atoms with E-state index >= 15 is 0 Å². The normalized spacial score (nSPS) is 11.3. The van der Waals surface area contributed by atoms with Gasteiger partial charge in [-0.25, -0.2) is 15.0 Å². The molecule has 1 aromatic carbocycles. The maximum Gasteiger partial charge on any atom is 0.231 e. The number of hydrogen-bond donors (Lipinski definition) is 0. The Morgan fingerprint density at radius 3 is 2.78 bits per heavy atom. The molecule has 0 bridgehead atoms. The molecule has 0 atom stereocenters. The lowest BCUT2D eigenvalue weighted by Gasteiger charge is -2.16. The predicted octanol–water partition coefficient (Wildman–Crippen LogP) is 2.19. The Balaban J connectivity index is 2.05. The quantitative estimate of drug-likeness (QED) is 0.685. The second-order valence-corrected chi connectivity index (χ2v) is 3.77. The van der Waals surface area contributed by atoms with E-state index in [1.807, 2.05) is 42.3 Å². The SMILES string of the molecule is [2H]c1cnc2cnc(N(C)c3ccccc3)nc2n1. The molecule has 5 nitrogen and oxygen atoms in total. The van der Waals surface area contributed by atoms with E-state index in [2.05, 4.69) is 19.9 Å². The molecular formula is C13H11N5. The van der Waals surface area contributed by atoms with Crippen molar-refractivity contribution >= 4 is 22.8 Å². The van der Waals surface area contributed by atoms with Gasteiger partial charge in [0.25, 0.3) is 0 Å². The van der Waals surface area contributed by atoms with Crippen LogP contribution < -0.4 is 4.90 Å². The zero-order valence-corrected chi connectivity index (χ0v) is 9.78. The third-order valence-corrected chi connectivity index (χ3v) is 2.61. The van der Waals surface area contributed by atoms with E-state index in [0.717, 1.165) is 5.69 Å².